The standard InChI is InChI=1S/C15H23NO2/c1-16(2)10-12-5-3-4-6-13(12)11-7-8-14(17)15(18)9-11/h7-9,12-13,17-18H,3-6,10H2,1-2H3/t12-,13-/m0/s1. The Hall–Kier alpha value is -1.22. The maximum atomic E-state index is 9.64. The molecule has 1 fully saturated rings. The van der Waals surface area contributed by atoms with Gasteiger partial charge in [0.25, 0.3) is 0 Å². The molecule has 2 atom stereocenters. The van der Waals surface area contributed by atoms with E-state index < -0.39 is 0 Å². The molecule has 2 rings (SSSR count). The fourth-order valence-corrected chi connectivity index (χ4v) is 3.11. The van der Waals surface area contributed by atoms with Crippen molar-refractivity contribution in [2.45, 2.75) is 31.6 Å². The van der Waals surface area contributed by atoms with Crippen LogP contribution in [-0.4, -0.2) is 35.8 Å². The Labute approximate surface area is 109 Å². The van der Waals surface area contributed by atoms with Crippen molar-refractivity contribution in [3.63, 3.8) is 0 Å². The first kappa shape index (κ1) is 13.2. The highest BCUT2D eigenvalue weighted by molar-refractivity contribution is 5.42. The fourth-order valence-electron chi connectivity index (χ4n) is 3.11. The van der Waals surface area contributed by atoms with E-state index in [-0.39, 0.29) is 11.5 Å². The molecule has 18 heavy (non-hydrogen) atoms. The van der Waals surface area contributed by atoms with Crippen LogP contribution < -0.4 is 0 Å². The normalized spacial score (nSPS) is 24.4. The largest absolute Gasteiger partial charge is 0.504 e. The minimum absolute atomic E-state index is 0.00155. The van der Waals surface area contributed by atoms with E-state index in [4.69, 9.17) is 0 Å². The molecule has 0 unspecified atom stereocenters. The Bertz CT molecular complexity index is 403. The lowest BCUT2D eigenvalue weighted by molar-refractivity contribution is 0.233. The average molecular weight is 249 g/mol. The van der Waals surface area contributed by atoms with Gasteiger partial charge in [-0.3, -0.25) is 0 Å². The maximum absolute atomic E-state index is 9.64. The summed E-state index contributed by atoms with van der Waals surface area (Å²) in [6, 6.07) is 5.29. The molecule has 0 heterocycles. The molecule has 1 aliphatic carbocycles. The van der Waals surface area contributed by atoms with Crippen LogP contribution in [0.1, 0.15) is 37.2 Å². The molecule has 0 aromatic heterocycles. The quantitative estimate of drug-likeness (QED) is 0.809. The summed E-state index contributed by atoms with van der Waals surface area (Å²) in [5.74, 6) is 1.13. The van der Waals surface area contributed by atoms with Gasteiger partial charge in [0, 0.05) is 6.54 Å². The van der Waals surface area contributed by atoms with Gasteiger partial charge in [0.1, 0.15) is 0 Å². The van der Waals surface area contributed by atoms with Crippen LogP contribution in [0.25, 0.3) is 0 Å². The average Bonchev–Trinajstić information content (AvgIpc) is 2.33. The first-order chi connectivity index (χ1) is 8.58. The van der Waals surface area contributed by atoms with Crippen molar-refractivity contribution < 1.29 is 10.2 Å². The van der Waals surface area contributed by atoms with Crippen LogP contribution in [0.4, 0.5) is 0 Å². The van der Waals surface area contributed by atoms with E-state index >= 15 is 0 Å². The molecule has 1 aromatic rings. The zero-order chi connectivity index (χ0) is 13.1. The highest BCUT2D eigenvalue weighted by Crippen LogP contribution is 2.40. The smallest absolute Gasteiger partial charge is 0.157 e. The van der Waals surface area contributed by atoms with Gasteiger partial charge in [0.2, 0.25) is 0 Å². The zero-order valence-electron chi connectivity index (χ0n) is 11.3. The SMILES string of the molecule is CN(C)C[C@@H]1CCCC[C@H]1c1ccc(O)c(O)c1. The van der Waals surface area contributed by atoms with Crippen LogP contribution in [0.3, 0.4) is 0 Å². The summed E-state index contributed by atoms with van der Waals surface area (Å²) in [5, 5.41) is 19.0. The Kier molecular flexibility index (Phi) is 4.12. The summed E-state index contributed by atoms with van der Waals surface area (Å²) in [7, 11) is 4.22. The van der Waals surface area contributed by atoms with Crippen LogP contribution in [0.5, 0.6) is 11.5 Å². The summed E-state index contributed by atoms with van der Waals surface area (Å²) >= 11 is 0. The maximum Gasteiger partial charge on any atom is 0.157 e. The third kappa shape index (κ3) is 2.96. The second-order valence-corrected chi connectivity index (χ2v) is 5.66. The first-order valence-electron chi connectivity index (χ1n) is 6.74. The molecule has 1 aromatic carbocycles. The minimum Gasteiger partial charge on any atom is -0.504 e. The number of benzene rings is 1. The first-order valence-corrected chi connectivity index (χ1v) is 6.74. The highest BCUT2D eigenvalue weighted by atomic mass is 16.3. The van der Waals surface area contributed by atoms with Crippen molar-refractivity contribution in [3.8, 4) is 11.5 Å². The number of nitrogens with zero attached hydrogens (tertiary/aromatic N) is 1. The van der Waals surface area contributed by atoms with E-state index in [2.05, 4.69) is 19.0 Å². The lowest BCUT2D eigenvalue weighted by Gasteiger charge is -2.33. The van der Waals surface area contributed by atoms with Gasteiger partial charge >= 0.3 is 0 Å². The highest BCUT2D eigenvalue weighted by Gasteiger charge is 2.27. The predicted molar refractivity (Wildman–Crippen MR) is 73.0 cm³/mol. The van der Waals surface area contributed by atoms with E-state index in [1.54, 1.807) is 12.1 Å². The summed E-state index contributed by atoms with van der Waals surface area (Å²) in [6.07, 6.45) is 5.00. The Morgan fingerprint density at radius 1 is 1.11 bits per heavy atom. The van der Waals surface area contributed by atoms with Crippen LogP contribution in [-0.2, 0) is 0 Å². The van der Waals surface area contributed by atoms with Crippen molar-refractivity contribution in [2.75, 3.05) is 20.6 Å². The molecule has 0 saturated heterocycles. The molecule has 0 bridgehead atoms. The van der Waals surface area contributed by atoms with Gasteiger partial charge in [-0.25, -0.2) is 0 Å². The molecule has 1 aliphatic rings. The van der Waals surface area contributed by atoms with Gasteiger partial charge in [-0.2, -0.15) is 0 Å². The van der Waals surface area contributed by atoms with E-state index in [1.807, 2.05) is 6.07 Å². The van der Waals surface area contributed by atoms with Gasteiger partial charge < -0.3 is 15.1 Å². The Morgan fingerprint density at radius 3 is 2.50 bits per heavy atom. The van der Waals surface area contributed by atoms with Crippen molar-refractivity contribution >= 4 is 0 Å². The summed E-state index contributed by atoms with van der Waals surface area (Å²) < 4.78 is 0. The van der Waals surface area contributed by atoms with Crippen molar-refractivity contribution in [1.82, 2.24) is 4.90 Å². The van der Waals surface area contributed by atoms with Crippen LogP contribution in [0, 0.1) is 5.92 Å². The molecule has 0 aliphatic heterocycles. The molecule has 2 N–H and O–H groups in total. The van der Waals surface area contributed by atoms with E-state index in [9.17, 15) is 10.2 Å². The Balaban J connectivity index is 2.19. The molecule has 100 valence electrons. The van der Waals surface area contributed by atoms with Gasteiger partial charge in [-0.05, 0) is 56.5 Å². The molecular formula is C15H23NO2. The lowest BCUT2D eigenvalue weighted by Crippen LogP contribution is -2.28. The number of aromatic hydroxyl groups is 2. The summed E-state index contributed by atoms with van der Waals surface area (Å²) in [4.78, 5) is 2.24. The number of rotatable bonds is 3. The Morgan fingerprint density at radius 2 is 1.83 bits per heavy atom. The second-order valence-electron chi connectivity index (χ2n) is 5.66. The van der Waals surface area contributed by atoms with Crippen molar-refractivity contribution in [2.24, 2.45) is 5.92 Å². The predicted octanol–water partition coefficient (Wildman–Crippen LogP) is 2.93. The molecule has 3 nitrogen and oxygen atoms in total. The topological polar surface area (TPSA) is 43.7 Å². The summed E-state index contributed by atoms with van der Waals surface area (Å²) in [5.41, 5.74) is 1.16. The van der Waals surface area contributed by atoms with Gasteiger partial charge in [-0.1, -0.05) is 18.9 Å². The van der Waals surface area contributed by atoms with Crippen LogP contribution in [0.15, 0.2) is 18.2 Å². The van der Waals surface area contributed by atoms with E-state index in [1.165, 1.54) is 25.7 Å². The molecular weight excluding hydrogens is 226 g/mol. The van der Waals surface area contributed by atoms with Crippen molar-refractivity contribution in [1.29, 1.82) is 0 Å². The number of phenols is 2. The lowest BCUT2D eigenvalue weighted by atomic mass is 9.75. The number of hydrogen-bond donors (Lipinski definition) is 2. The van der Waals surface area contributed by atoms with E-state index in [0.717, 1.165) is 12.1 Å². The van der Waals surface area contributed by atoms with Crippen LogP contribution in [0.2, 0.25) is 0 Å². The molecule has 1 saturated carbocycles. The molecule has 0 amide bonds. The van der Waals surface area contributed by atoms with Crippen LogP contribution >= 0.6 is 0 Å². The second kappa shape index (κ2) is 5.61. The summed E-state index contributed by atoms with van der Waals surface area (Å²) in [6.45, 7) is 1.09. The number of hydrogen-bond acceptors (Lipinski definition) is 3. The fraction of sp³-hybridized carbons (Fsp3) is 0.600. The minimum atomic E-state index is -0.0290. The van der Waals surface area contributed by atoms with Gasteiger partial charge in [0.15, 0.2) is 11.5 Å². The van der Waals surface area contributed by atoms with E-state index in [0.29, 0.717) is 11.8 Å². The third-order valence-corrected chi connectivity index (χ3v) is 3.94. The molecule has 0 spiro atoms. The number of phenolic OH excluding ortho intramolecular Hbond substituents is 2. The third-order valence-electron chi connectivity index (χ3n) is 3.94. The molecule has 0 radical (unpaired) electrons. The van der Waals surface area contributed by atoms with Gasteiger partial charge in [0.05, 0.1) is 0 Å². The molecule has 3 heteroatoms. The zero-order valence-corrected chi connectivity index (χ0v) is 11.3. The van der Waals surface area contributed by atoms with Crippen molar-refractivity contribution in [3.05, 3.63) is 23.8 Å². The van der Waals surface area contributed by atoms with Gasteiger partial charge in [-0.15, -0.1) is 0 Å². The monoisotopic (exact) mass is 249 g/mol.